The smallest absolute Gasteiger partial charge is 0.124 e. The summed E-state index contributed by atoms with van der Waals surface area (Å²) >= 11 is 0. The molecule has 2 N–H and O–H groups in total. The number of aromatic nitrogens is 3. The highest BCUT2D eigenvalue weighted by atomic mass is 16.3. The molecule has 0 radical (unpaired) electrons. The number of H-pyrrole nitrogens is 1. The topological polar surface area (TPSA) is 65.0 Å². The minimum atomic E-state index is -0.850. The Kier molecular flexibility index (Phi) is 4.03. The highest BCUT2D eigenvalue weighted by Crippen LogP contribution is 2.30. The van der Waals surface area contributed by atoms with E-state index in [1.807, 2.05) is 0 Å². The molecule has 21 heavy (non-hydrogen) atoms. The molecule has 0 amide bonds. The lowest BCUT2D eigenvalue weighted by atomic mass is 10.00. The van der Waals surface area contributed by atoms with Crippen molar-refractivity contribution in [3.63, 3.8) is 0 Å². The second-order valence-corrected chi connectivity index (χ2v) is 5.79. The maximum Gasteiger partial charge on any atom is 0.124 e. The third-order valence-electron chi connectivity index (χ3n) is 4.42. The second kappa shape index (κ2) is 5.95. The van der Waals surface area contributed by atoms with Crippen LogP contribution in [0, 0.1) is 0 Å². The first-order chi connectivity index (χ1) is 10.2. The molecule has 5 nitrogen and oxygen atoms in total. The van der Waals surface area contributed by atoms with Crippen LogP contribution in [0.5, 0.6) is 0 Å². The molecule has 5 heteroatoms. The lowest BCUT2D eigenvalue weighted by molar-refractivity contribution is 0.0418. The fourth-order valence-corrected chi connectivity index (χ4v) is 3.12. The standard InChI is InChI=1S/C16H22N4O/c1-2-13-5-3-4-6-14(13)7-9-20-10-8-16(21,12-20)15-11-17-19-18-15/h3-6,11,21H,2,7-10,12H2,1H3,(H,17,18,19)/t16-/m0/s1. The van der Waals surface area contributed by atoms with Crippen LogP contribution in [0.1, 0.15) is 30.2 Å². The SMILES string of the molecule is CCc1ccccc1CCN1CC[C@@](O)(c2cn[nH]n2)C1. The quantitative estimate of drug-likeness (QED) is 0.874. The van der Waals surface area contributed by atoms with Crippen molar-refractivity contribution in [3.8, 4) is 0 Å². The van der Waals surface area contributed by atoms with Gasteiger partial charge in [0.15, 0.2) is 0 Å². The Bertz CT molecular complexity index is 584. The summed E-state index contributed by atoms with van der Waals surface area (Å²) in [6.07, 6.45) is 4.43. The number of likely N-dealkylation sites (tertiary alicyclic amines) is 1. The summed E-state index contributed by atoms with van der Waals surface area (Å²) in [7, 11) is 0. The van der Waals surface area contributed by atoms with Crippen molar-refractivity contribution in [2.24, 2.45) is 0 Å². The van der Waals surface area contributed by atoms with E-state index in [0.29, 0.717) is 12.2 Å². The van der Waals surface area contributed by atoms with Crippen LogP contribution < -0.4 is 0 Å². The van der Waals surface area contributed by atoms with Gasteiger partial charge in [-0.25, -0.2) is 0 Å². The molecule has 3 rings (SSSR count). The number of aryl methyl sites for hydroxylation is 1. The summed E-state index contributed by atoms with van der Waals surface area (Å²) in [6, 6.07) is 8.61. The fourth-order valence-electron chi connectivity index (χ4n) is 3.12. The van der Waals surface area contributed by atoms with Crippen LogP contribution in [0.25, 0.3) is 0 Å². The molecule has 1 aromatic heterocycles. The van der Waals surface area contributed by atoms with Crippen molar-refractivity contribution < 1.29 is 5.11 Å². The zero-order valence-corrected chi connectivity index (χ0v) is 12.4. The van der Waals surface area contributed by atoms with E-state index in [4.69, 9.17) is 0 Å². The molecule has 0 bridgehead atoms. The van der Waals surface area contributed by atoms with Gasteiger partial charge in [0.25, 0.3) is 0 Å². The molecule has 2 heterocycles. The predicted octanol–water partition coefficient (Wildman–Crippen LogP) is 1.50. The van der Waals surface area contributed by atoms with E-state index in [1.165, 1.54) is 11.1 Å². The Morgan fingerprint density at radius 1 is 1.33 bits per heavy atom. The molecule has 0 spiro atoms. The van der Waals surface area contributed by atoms with Gasteiger partial charge in [-0.2, -0.15) is 15.4 Å². The number of β-amino-alcohol motifs (C(OH)–C–C–N with tert-alkyl or cyclic N) is 1. The minimum Gasteiger partial charge on any atom is -0.382 e. The Morgan fingerprint density at radius 3 is 2.86 bits per heavy atom. The molecule has 112 valence electrons. The van der Waals surface area contributed by atoms with Crippen molar-refractivity contribution >= 4 is 0 Å². The number of nitrogens with zero attached hydrogens (tertiary/aromatic N) is 3. The third-order valence-corrected chi connectivity index (χ3v) is 4.42. The van der Waals surface area contributed by atoms with E-state index in [1.54, 1.807) is 6.20 Å². The maximum atomic E-state index is 10.7. The Hall–Kier alpha value is -1.72. The van der Waals surface area contributed by atoms with Crippen molar-refractivity contribution in [2.45, 2.75) is 31.8 Å². The van der Waals surface area contributed by atoms with Crippen LogP contribution in [-0.4, -0.2) is 45.1 Å². The Labute approximate surface area is 125 Å². The number of aromatic amines is 1. The largest absolute Gasteiger partial charge is 0.382 e. The van der Waals surface area contributed by atoms with Gasteiger partial charge in [0.2, 0.25) is 0 Å². The lowest BCUT2D eigenvalue weighted by Gasteiger charge is -2.21. The molecule has 1 atom stereocenters. The van der Waals surface area contributed by atoms with Crippen LogP contribution in [-0.2, 0) is 18.4 Å². The van der Waals surface area contributed by atoms with Crippen LogP contribution in [0.2, 0.25) is 0 Å². The molecule has 1 fully saturated rings. The number of hydrogen-bond donors (Lipinski definition) is 2. The summed E-state index contributed by atoms with van der Waals surface area (Å²) in [5.74, 6) is 0. The normalized spacial score (nSPS) is 22.8. The summed E-state index contributed by atoms with van der Waals surface area (Å²) in [5, 5.41) is 21.1. The average molecular weight is 286 g/mol. The van der Waals surface area contributed by atoms with Gasteiger partial charge < -0.3 is 5.11 Å². The van der Waals surface area contributed by atoms with Gasteiger partial charge in [-0.3, -0.25) is 4.90 Å². The van der Waals surface area contributed by atoms with E-state index < -0.39 is 5.60 Å². The third kappa shape index (κ3) is 2.99. The number of aliphatic hydroxyl groups is 1. The van der Waals surface area contributed by atoms with Gasteiger partial charge in [-0.15, -0.1) is 0 Å². The molecule has 1 aliphatic heterocycles. The van der Waals surface area contributed by atoms with Crippen molar-refractivity contribution in [1.82, 2.24) is 20.3 Å². The summed E-state index contributed by atoms with van der Waals surface area (Å²) in [4.78, 5) is 2.31. The van der Waals surface area contributed by atoms with Gasteiger partial charge in [-0.1, -0.05) is 31.2 Å². The van der Waals surface area contributed by atoms with E-state index >= 15 is 0 Å². The first-order valence-electron chi connectivity index (χ1n) is 7.59. The predicted molar refractivity (Wildman–Crippen MR) is 80.9 cm³/mol. The van der Waals surface area contributed by atoms with E-state index in [-0.39, 0.29) is 0 Å². The van der Waals surface area contributed by atoms with Gasteiger partial charge in [0, 0.05) is 19.6 Å². The summed E-state index contributed by atoms with van der Waals surface area (Å²) in [5.41, 5.74) is 2.64. The van der Waals surface area contributed by atoms with Gasteiger partial charge in [-0.05, 0) is 30.4 Å². The van der Waals surface area contributed by atoms with E-state index in [9.17, 15) is 5.11 Å². The molecule has 1 saturated heterocycles. The number of benzene rings is 1. The van der Waals surface area contributed by atoms with Gasteiger partial charge >= 0.3 is 0 Å². The zero-order chi connectivity index (χ0) is 14.7. The summed E-state index contributed by atoms with van der Waals surface area (Å²) in [6.45, 7) is 4.70. The van der Waals surface area contributed by atoms with E-state index in [0.717, 1.165) is 32.4 Å². The zero-order valence-electron chi connectivity index (χ0n) is 12.4. The molecular formula is C16H22N4O. The molecule has 1 aromatic carbocycles. The second-order valence-electron chi connectivity index (χ2n) is 5.79. The Morgan fingerprint density at radius 2 is 2.14 bits per heavy atom. The first-order valence-corrected chi connectivity index (χ1v) is 7.59. The highest BCUT2D eigenvalue weighted by Gasteiger charge is 2.39. The first kappa shape index (κ1) is 14.2. The fraction of sp³-hybridized carbons (Fsp3) is 0.500. The summed E-state index contributed by atoms with van der Waals surface area (Å²) < 4.78 is 0. The number of rotatable bonds is 5. The minimum absolute atomic E-state index is 0.633. The van der Waals surface area contributed by atoms with E-state index in [2.05, 4.69) is 51.5 Å². The van der Waals surface area contributed by atoms with Crippen molar-refractivity contribution in [2.75, 3.05) is 19.6 Å². The number of hydrogen-bond acceptors (Lipinski definition) is 4. The molecule has 0 unspecified atom stereocenters. The molecule has 2 aromatic rings. The van der Waals surface area contributed by atoms with Crippen LogP contribution in [0.3, 0.4) is 0 Å². The van der Waals surface area contributed by atoms with Crippen LogP contribution in [0.4, 0.5) is 0 Å². The van der Waals surface area contributed by atoms with Crippen LogP contribution >= 0.6 is 0 Å². The van der Waals surface area contributed by atoms with Crippen molar-refractivity contribution in [3.05, 3.63) is 47.3 Å². The molecule has 1 aliphatic rings. The van der Waals surface area contributed by atoms with Crippen LogP contribution in [0.15, 0.2) is 30.5 Å². The highest BCUT2D eigenvalue weighted by molar-refractivity contribution is 5.27. The van der Waals surface area contributed by atoms with Crippen molar-refractivity contribution in [1.29, 1.82) is 0 Å². The van der Waals surface area contributed by atoms with Gasteiger partial charge in [0.1, 0.15) is 11.3 Å². The monoisotopic (exact) mass is 286 g/mol. The molecule has 0 aliphatic carbocycles. The van der Waals surface area contributed by atoms with Gasteiger partial charge in [0.05, 0.1) is 6.20 Å². The molecular weight excluding hydrogens is 264 g/mol. The molecule has 0 saturated carbocycles. The maximum absolute atomic E-state index is 10.7. The average Bonchev–Trinajstić information content (AvgIpc) is 3.16. The lowest BCUT2D eigenvalue weighted by Crippen LogP contribution is -2.32. The number of nitrogens with one attached hydrogen (secondary N) is 1. The Balaban J connectivity index is 1.60.